The fourth-order valence-electron chi connectivity index (χ4n) is 3.12. The summed E-state index contributed by atoms with van der Waals surface area (Å²) in [6.45, 7) is 5.76. The third-order valence-electron chi connectivity index (χ3n) is 4.76. The quantitative estimate of drug-likeness (QED) is 0.344. The maximum atomic E-state index is 8.69. The van der Waals surface area contributed by atoms with Crippen LogP contribution in [0, 0.1) is 0 Å². The summed E-state index contributed by atoms with van der Waals surface area (Å²) in [5, 5.41) is 3.20. The van der Waals surface area contributed by atoms with Gasteiger partial charge in [0, 0.05) is 11.1 Å². The molecule has 0 fully saturated rings. The molecule has 0 aromatic heterocycles. The number of nitrogens with one attached hydrogen (secondary N) is 1. The zero-order valence-corrected chi connectivity index (χ0v) is 17.0. The second-order valence-corrected chi connectivity index (χ2v) is 7.91. The summed E-state index contributed by atoms with van der Waals surface area (Å²) in [6, 6.07) is 5.29. The lowest BCUT2D eigenvalue weighted by Crippen LogP contribution is -2.12. The highest BCUT2D eigenvalue weighted by molar-refractivity contribution is 5.94. The normalized spacial score (nSPS) is 16.0. The number of benzene rings is 4. The van der Waals surface area contributed by atoms with E-state index in [4.69, 9.17) is 19.4 Å². The molecule has 0 atom stereocenters. The largest absolute Gasteiger partial charge is 0.397 e. The van der Waals surface area contributed by atoms with E-state index in [1.165, 1.54) is 0 Å². The molecule has 4 aromatic rings. The summed E-state index contributed by atoms with van der Waals surface area (Å²) in [4.78, 5) is 0. The predicted octanol–water partition coefficient (Wildman–Crippen LogP) is 7.64. The first-order valence-corrected chi connectivity index (χ1v) is 9.52. The van der Waals surface area contributed by atoms with Crippen LogP contribution >= 0.6 is 0 Å². The van der Waals surface area contributed by atoms with Gasteiger partial charge in [0.1, 0.15) is 0 Å². The van der Waals surface area contributed by atoms with Crippen molar-refractivity contribution in [3.8, 4) is 22.3 Å². The lowest BCUT2D eigenvalue weighted by molar-refractivity contribution is 0.591. The fourth-order valence-corrected chi connectivity index (χ4v) is 3.12. The van der Waals surface area contributed by atoms with Crippen molar-refractivity contribution in [2.75, 3.05) is 11.1 Å². The van der Waals surface area contributed by atoms with Crippen molar-refractivity contribution in [2.45, 2.75) is 26.2 Å². The average molecular weight is 403 g/mol. The van der Waals surface area contributed by atoms with E-state index in [-0.39, 0.29) is 27.9 Å². The van der Waals surface area contributed by atoms with Gasteiger partial charge in [-0.05, 0) is 46.4 Å². The molecule has 0 heterocycles. The summed E-state index contributed by atoms with van der Waals surface area (Å²) in [5.74, 6) is 0. The standard InChI is InChI=1S/C28H28N2/c1-28(2,3)22-18-23(20-12-6-4-7-13-20)27(30-26-17-11-10-16-25(26)29)24(19-22)21-14-8-5-9-15-21/h4-19,30H,29H2,1-3H3/i4D,5D,6D,7D,8D,9D,12D,13D,14D,15D. The Morgan fingerprint density at radius 2 is 1.27 bits per heavy atom. The molecule has 0 amide bonds. The highest BCUT2D eigenvalue weighted by Crippen LogP contribution is 2.43. The Bertz CT molecular complexity index is 1530. The van der Waals surface area contributed by atoms with E-state index in [0.29, 0.717) is 16.9 Å². The van der Waals surface area contributed by atoms with E-state index in [1.54, 1.807) is 36.4 Å². The smallest absolute Gasteiger partial charge is 0.0629 e. The molecular formula is C28H28N2. The highest BCUT2D eigenvalue weighted by Gasteiger charge is 2.21. The van der Waals surface area contributed by atoms with Gasteiger partial charge in [0.05, 0.1) is 30.8 Å². The first-order valence-electron chi connectivity index (χ1n) is 14.5. The van der Waals surface area contributed by atoms with E-state index < -0.39 is 65.8 Å². The number of para-hydroxylation sites is 2. The van der Waals surface area contributed by atoms with Gasteiger partial charge in [-0.25, -0.2) is 0 Å². The van der Waals surface area contributed by atoms with Crippen molar-refractivity contribution < 1.29 is 13.7 Å². The second-order valence-electron chi connectivity index (χ2n) is 7.91. The predicted molar refractivity (Wildman–Crippen MR) is 130 cm³/mol. The minimum atomic E-state index is -0.543. The van der Waals surface area contributed by atoms with Gasteiger partial charge in [-0.15, -0.1) is 0 Å². The molecule has 0 saturated heterocycles. The van der Waals surface area contributed by atoms with Crippen molar-refractivity contribution in [2.24, 2.45) is 0 Å². The molecular weight excluding hydrogens is 364 g/mol. The highest BCUT2D eigenvalue weighted by atomic mass is 14.9. The fraction of sp³-hybridized carbons (Fsp3) is 0.143. The summed E-state index contributed by atoms with van der Waals surface area (Å²) in [5.41, 5.74) is 7.52. The van der Waals surface area contributed by atoms with Gasteiger partial charge in [-0.3, -0.25) is 0 Å². The van der Waals surface area contributed by atoms with Crippen LogP contribution in [-0.2, 0) is 5.41 Å². The molecule has 30 heavy (non-hydrogen) atoms. The van der Waals surface area contributed by atoms with Crippen LogP contribution in [0.3, 0.4) is 0 Å². The van der Waals surface area contributed by atoms with Crippen molar-refractivity contribution in [1.82, 2.24) is 0 Å². The van der Waals surface area contributed by atoms with Crippen LogP contribution < -0.4 is 11.1 Å². The van der Waals surface area contributed by atoms with E-state index in [2.05, 4.69) is 5.32 Å². The Kier molecular flexibility index (Phi) is 2.97. The van der Waals surface area contributed by atoms with Crippen LogP contribution in [0.5, 0.6) is 0 Å². The first kappa shape index (κ1) is 11.0. The number of hydrogen-bond donors (Lipinski definition) is 2. The number of hydrogen-bond acceptors (Lipinski definition) is 2. The minimum Gasteiger partial charge on any atom is -0.397 e. The molecule has 0 bridgehead atoms. The van der Waals surface area contributed by atoms with Crippen LogP contribution in [0.15, 0.2) is 96.8 Å². The molecule has 0 aliphatic carbocycles. The van der Waals surface area contributed by atoms with E-state index in [1.807, 2.05) is 20.8 Å². The van der Waals surface area contributed by atoms with Crippen molar-refractivity contribution in [1.29, 1.82) is 0 Å². The molecule has 0 radical (unpaired) electrons. The first-order chi connectivity index (χ1) is 18.6. The maximum absolute atomic E-state index is 8.69. The monoisotopic (exact) mass is 402 g/mol. The van der Waals surface area contributed by atoms with Crippen LogP contribution in [-0.4, -0.2) is 0 Å². The average Bonchev–Trinajstić information content (AvgIpc) is 2.90. The molecule has 4 rings (SSSR count). The van der Waals surface area contributed by atoms with Gasteiger partial charge >= 0.3 is 0 Å². The topological polar surface area (TPSA) is 38.0 Å². The van der Waals surface area contributed by atoms with Crippen LogP contribution in [0.1, 0.15) is 40.0 Å². The third kappa shape index (κ3) is 4.08. The summed E-state index contributed by atoms with van der Waals surface area (Å²) in [6.07, 6.45) is 0. The molecule has 0 aliphatic rings. The van der Waals surface area contributed by atoms with Gasteiger partial charge in [-0.1, -0.05) is 93.3 Å². The molecule has 0 saturated carbocycles. The molecule has 0 aliphatic heterocycles. The lowest BCUT2D eigenvalue weighted by Gasteiger charge is -2.25. The third-order valence-corrected chi connectivity index (χ3v) is 4.76. The zero-order chi connectivity index (χ0) is 29.8. The Morgan fingerprint density at radius 3 is 1.73 bits per heavy atom. The van der Waals surface area contributed by atoms with E-state index in [9.17, 15) is 0 Å². The van der Waals surface area contributed by atoms with Crippen LogP contribution in [0.4, 0.5) is 17.1 Å². The van der Waals surface area contributed by atoms with Gasteiger partial charge in [0.2, 0.25) is 0 Å². The molecule has 2 nitrogen and oxygen atoms in total. The Balaban J connectivity index is 2.28. The molecule has 0 unspecified atom stereocenters. The Hall–Kier alpha value is -3.52. The Labute approximate surface area is 193 Å². The van der Waals surface area contributed by atoms with Crippen LogP contribution in [0.25, 0.3) is 22.3 Å². The van der Waals surface area contributed by atoms with Gasteiger partial charge in [-0.2, -0.15) is 0 Å². The molecule has 3 N–H and O–H groups in total. The van der Waals surface area contributed by atoms with Gasteiger partial charge in [0.15, 0.2) is 0 Å². The SMILES string of the molecule is [2H]c1c([2H])c([2H])c(-c2cc(C(C)(C)C)cc(-c3c([2H])c([2H])c([2H])c([2H])c3[2H])c2Nc2ccccc2N)c([2H])c1[2H]. The second kappa shape index (κ2) is 8.08. The molecule has 150 valence electrons. The minimum absolute atomic E-state index is 0.0947. The lowest BCUT2D eigenvalue weighted by atomic mass is 9.82. The van der Waals surface area contributed by atoms with Crippen molar-refractivity contribution in [3.63, 3.8) is 0 Å². The van der Waals surface area contributed by atoms with Gasteiger partial charge < -0.3 is 11.1 Å². The van der Waals surface area contributed by atoms with E-state index in [0.717, 1.165) is 0 Å². The number of nitrogens with two attached hydrogens (primary N) is 1. The zero-order valence-electron chi connectivity index (χ0n) is 27.0. The number of rotatable bonds is 4. The van der Waals surface area contributed by atoms with Crippen LogP contribution in [0.2, 0.25) is 0 Å². The number of nitrogen functional groups attached to an aromatic ring is 1. The molecule has 0 spiro atoms. The molecule has 2 heteroatoms. The Morgan fingerprint density at radius 1 is 0.767 bits per heavy atom. The number of anilines is 3. The summed E-state index contributed by atoms with van der Waals surface area (Å²) in [7, 11) is 0. The molecule has 4 aromatic carbocycles. The van der Waals surface area contributed by atoms with Crippen molar-refractivity contribution in [3.05, 3.63) is 102 Å². The van der Waals surface area contributed by atoms with Gasteiger partial charge in [0.25, 0.3) is 0 Å². The summed E-state index contributed by atoms with van der Waals surface area (Å²) < 4.78 is 84.0. The summed E-state index contributed by atoms with van der Waals surface area (Å²) >= 11 is 0. The maximum Gasteiger partial charge on any atom is 0.0629 e. The van der Waals surface area contributed by atoms with E-state index >= 15 is 0 Å². The van der Waals surface area contributed by atoms with Crippen molar-refractivity contribution >= 4 is 17.1 Å².